The summed E-state index contributed by atoms with van der Waals surface area (Å²) in [5.41, 5.74) is 0. The molecule has 3 heteroatoms. The van der Waals surface area contributed by atoms with Gasteiger partial charge in [-0.15, -0.1) is 0 Å². The van der Waals surface area contributed by atoms with Gasteiger partial charge in [0.05, 0.1) is 0 Å². The van der Waals surface area contributed by atoms with E-state index in [0.29, 0.717) is 5.79 Å². The van der Waals surface area contributed by atoms with E-state index >= 15 is 0 Å². The standard InChI is InChI=1S/C5H16N2Si/c1-3-6-5(8)7-4-2/h5-7H,3-4H2,1-2,8H3. The summed E-state index contributed by atoms with van der Waals surface area (Å²) in [5.74, 6) is 0.602. The lowest BCUT2D eigenvalue weighted by molar-refractivity contribution is 0.564. The van der Waals surface area contributed by atoms with Crippen LogP contribution in [0.1, 0.15) is 13.8 Å². The highest BCUT2D eigenvalue weighted by molar-refractivity contribution is 6.11. The van der Waals surface area contributed by atoms with Crippen LogP contribution in [0.3, 0.4) is 0 Å². The smallest absolute Gasteiger partial charge is 0.0423 e. The summed E-state index contributed by atoms with van der Waals surface area (Å²) in [5, 5.41) is 6.59. The average molecular weight is 132 g/mol. The average Bonchev–Trinajstić information content (AvgIpc) is 1.68. The van der Waals surface area contributed by atoms with Gasteiger partial charge in [0.25, 0.3) is 0 Å². The molecule has 50 valence electrons. The summed E-state index contributed by atoms with van der Waals surface area (Å²) < 4.78 is 0. The minimum Gasteiger partial charge on any atom is -0.306 e. The Morgan fingerprint density at radius 2 is 1.62 bits per heavy atom. The second-order valence-electron chi connectivity index (χ2n) is 1.84. The van der Waals surface area contributed by atoms with Crippen molar-refractivity contribution in [2.45, 2.75) is 19.6 Å². The molecular weight excluding hydrogens is 116 g/mol. The van der Waals surface area contributed by atoms with Crippen LogP contribution in [0.4, 0.5) is 0 Å². The van der Waals surface area contributed by atoms with Gasteiger partial charge >= 0.3 is 0 Å². The first-order valence-electron chi connectivity index (χ1n) is 3.28. The molecule has 0 radical (unpaired) electrons. The summed E-state index contributed by atoms with van der Waals surface area (Å²) in [6.45, 7) is 6.40. The van der Waals surface area contributed by atoms with E-state index in [2.05, 4.69) is 24.5 Å². The molecule has 0 atom stereocenters. The largest absolute Gasteiger partial charge is 0.306 e. The first-order chi connectivity index (χ1) is 3.81. The molecule has 2 N–H and O–H groups in total. The molecule has 0 rings (SSSR count). The third-order valence-corrected chi connectivity index (χ3v) is 1.84. The van der Waals surface area contributed by atoms with Gasteiger partial charge in [-0.25, -0.2) is 0 Å². The monoisotopic (exact) mass is 132 g/mol. The van der Waals surface area contributed by atoms with E-state index in [1.54, 1.807) is 0 Å². The molecule has 0 aliphatic rings. The van der Waals surface area contributed by atoms with Gasteiger partial charge in [-0.3, -0.25) is 0 Å². The molecule has 0 spiro atoms. The SMILES string of the molecule is CCNC([SiH3])NCC. The van der Waals surface area contributed by atoms with Crippen molar-refractivity contribution in [1.82, 2.24) is 10.6 Å². The maximum atomic E-state index is 3.30. The molecule has 8 heavy (non-hydrogen) atoms. The second-order valence-corrected chi connectivity index (χ2v) is 2.99. The van der Waals surface area contributed by atoms with Crippen LogP contribution in [0.5, 0.6) is 0 Å². The quantitative estimate of drug-likeness (QED) is 0.373. The van der Waals surface area contributed by atoms with Gasteiger partial charge in [-0.05, 0) is 13.1 Å². The molecule has 0 saturated carbocycles. The minimum absolute atomic E-state index is 0.602. The fourth-order valence-corrected chi connectivity index (χ4v) is 1.50. The Balaban J connectivity index is 2.92. The molecule has 0 aromatic heterocycles. The zero-order chi connectivity index (χ0) is 6.41. The van der Waals surface area contributed by atoms with E-state index in [1.165, 1.54) is 10.2 Å². The molecule has 0 aromatic carbocycles. The third-order valence-electron chi connectivity index (χ3n) is 1.02. The van der Waals surface area contributed by atoms with Gasteiger partial charge in [-0.2, -0.15) is 0 Å². The fourth-order valence-electron chi connectivity index (χ4n) is 0.685. The molecule has 0 fully saturated rings. The van der Waals surface area contributed by atoms with Crippen LogP contribution in [0.15, 0.2) is 0 Å². The van der Waals surface area contributed by atoms with Crippen molar-refractivity contribution in [2.75, 3.05) is 13.1 Å². The Hall–Kier alpha value is 0.137. The zero-order valence-corrected chi connectivity index (χ0v) is 7.99. The number of hydrogen-bond donors (Lipinski definition) is 2. The summed E-state index contributed by atoms with van der Waals surface area (Å²) in [4.78, 5) is 0. The molecule has 0 amide bonds. The normalized spacial score (nSPS) is 10.9. The topological polar surface area (TPSA) is 24.1 Å². The number of nitrogens with one attached hydrogen (secondary N) is 2. The van der Waals surface area contributed by atoms with E-state index in [9.17, 15) is 0 Å². The first-order valence-corrected chi connectivity index (χ1v) is 4.43. The Kier molecular flexibility index (Phi) is 5.37. The summed E-state index contributed by atoms with van der Waals surface area (Å²) in [6.07, 6.45) is 0. The van der Waals surface area contributed by atoms with Crippen molar-refractivity contribution < 1.29 is 0 Å². The van der Waals surface area contributed by atoms with Crippen molar-refractivity contribution in [3.05, 3.63) is 0 Å². The maximum absolute atomic E-state index is 3.30. The van der Waals surface area contributed by atoms with Crippen molar-refractivity contribution in [1.29, 1.82) is 0 Å². The maximum Gasteiger partial charge on any atom is 0.0423 e. The van der Waals surface area contributed by atoms with Crippen LogP contribution < -0.4 is 10.6 Å². The van der Waals surface area contributed by atoms with Crippen LogP contribution in [-0.4, -0.2) is 29.1 Å². The zero-order valence-electron chi connectivity index (χ0n) is 5.99. The Labute approximate surface area is 54.5 Å². The van der Waals surface area contributed by atoms with E-state index in [4.69, 9.17) is 0 Å². The van der Waals surface area contributed by atoms with Crippen LogP contribution in [0.2, 0.25) is 0 Å². The number of hydrogen-bond acceptors (Lipinski definition) is 2. The van der Waals surface area contributed by atoms with Crippen LogP contribution in [-0.2, 0) is 0 Å². The molecule has 0 saturated heterocycles. The van der Waals surface area contributed by atoms with E-state index in [1.807, 2.05) is 0 Å². The number of rotatable bonds is 4. The lowest BCUT2D eigenvalue weighted by atomic mass is 10.7. The van der Waals surface area contributed by atoms with Crippen LogP contribution in [0.25, 0.3) is 0 Å². The second kappa shape index (κ2) is 5.28. The lowest BCUT2D eigenvalue weighted by Gasteiger charge is -2.11. The Morgan fingerprint density at radius 1 is 1.25 bits per heavy atom. The Morgan fingerprint density at radius 3 is 1.88 bits per heavy atom. The highest BCUT2D eigenvalue weighted by Crippen LogP contribution is 1.64. The molecule has 2 nitrogen and oxygen atoms in total. The molecule has 0 unspecified atom stereocenters. The van der Waals surface area contributed by atoms with Crippen LogP contribution >= 0.6 is 0 Å². The summed E-state index contributed by atoms with van der Waals surface area (Å²) in [6, 6.07) is 0. The predicted octanol–water partition coefficient (Wildman–Crippen LogP) is -1.15. The molecule has 0 aromatic rings. The fraction of sp³-hybridized carbons (Fsp3) is 1.00. The highest BCUT2D eigenvalue weighted by atomic mass is 28.1. The third kappa shape index (κ3) is 4.30. The van der Waals surface area contributed by atoms with E-state index < -0.39 is 0 Å². The van der Waals surface area contributed by atoms with Gasteiger partial charge in [0, 0.05) is 16.0 Å². The molecule has 0 aliphatic heterocycles. The van der Waals surface area contributed by atoms with Gasteiger partial charge in [0.1, 0.15) is 0 Å². The van der Waals surface area contributed by atoms with Gasteiger partial charge in [0.2, 0.25) is 0 Å². The van der Waals surface area contributed by atoms with Crippen LogP contribution in [0, 0.1) is 0 Å². The van der Waals surface area contributed by atoms with Gasteiger partial charge in [0.15, 0.2) is 0 Å². The van der Waals surface area contributed by atoms with Gasteiger partial charge < -0.3 is 10.6 Å². The van der Waals surface area contributed by atoms with Crippen molar-refractivity contribution >= 4 is 10.2 Å². The molecule has 0 heterocycles. The Bertz CT molecular complexity index is 43.7. The van der Waals surface area contributed by atoms with Crippen molar-refractivity contribution in [2.24, 2.45) is 0 Å². The first kappa shape index (κ1) is 8.14. The van der Waals surface area contributed by atoms with Crippen molar-refractivity contribution in [3.8, 4) is 0 Å². The van der Waals surface area contributed by atoms with Gasteiger partial charge in [-0.1, -0.05) is 13.8 Å². The highest BCUT2D eigenvalue weighted by Gasteiger charge is 1.91. The van der Waals surface area contributed by atoms with Crippen molar-refractivity contribution in [3.63, 3.8) is 0 Å². The molecule has 0 aliphatic carbocycles. The van der Waals surface area contributed by atoms with E-state index in [-0.39, 0.29) is 0 Å². The molecular formula is C5H16N2Si. The summed E-state index contributed by atoms with van der Waals surface area (Å²) in [7, 11) is 1.19. The van der Waals surface area contributed by atoms with E-state index in [0.717, 1.165) is 13.1 Å². The molecule has 0 bridgehead atoms. The predicted molar refractivity (Wildman–Crippen MR) is 41.1 cm³/mol. The summed E-state index contributed by atoms with van der Waals surface area (Å²) >= 11 is 0. The minimum atomic E-state index is 0.602. The lowest BCUT2D eigenvalue weighted by Crippen LogP contribution is -2.42.